The van der Waals surface area contributed by atoms with Crippen LogP contribution in [0, 0.1) is 0 Å². The molecule has 1 aliphatic rings. The quantitative estimate of drug-likeness (QED) is 0.482. The highest BCUT2D eigenvalue weighted by Gasteiger charge is 2.37. The summed E-state index contributed by atoms with van der Waals surface area (Å²) in [4.78, 5) is 4.36. The molecule has 0 unspecified atom stereocenters. The molecule has 0 bridgehead atoms. The predicted octanol–water partition coefficient (Wildman–Crippen LogP) is 5.06. The van der Waals surface area contributed by atoms with Crippen LogP contribution in [0.3, 0.4) is 0 Å². The van der Waals surface area contributed by atoms with E-state index in [0.717, 1.165) is 33.4 Å². The lowest BCUT2D eigenvalue weighted by atomic mass is 10.1. The van der Waals surface area contributed by atoms with Crippen molar-refractivity contribution in [3.63, 3.8) is 0 Å². The average molecular weight is 327 g/mol. The normalized spacial score (nSPS) is 13.4. The highest BCUT2D eigenvalue weighted by molar-refractivity contribution is 6.07. The van der Waals surface area contributed by atoms with Gasteiger partial charge in [0.15, 0.2) is 6.04 Å². The second-order valence-corrected chi connectivity index (χ2v) is 6.50. The van der Waals surface area contributed by atoms with Gasteiger partial charge in [-0.1, -0.05) is 22.8 Å². The van der Waals surface area contributed by atoms with Gasteiger partial charge >= 0.3 is 6.01 Å². The number of benzene rings is 2. The molecule has 1 aliphatic heterocycles. The molecule has 0 atom stereocenters. The molecule has 2 aromatic carbocycles. The molecule has 0 N–H and O–H groups in total. The first-order valence-corrected chi connectivity index (χ1v) is 8.45. The van der Waals surface area contributed by atoms with Crippen LogP contribution < -0.4 is 4.58 Å². The van der Waals surface area contributed by atoms with Gasteiger partial charge in [-0.25, -0.2) is 4.98 Å². The zero-order valence-electron chi connectivity index (χ0n) is 14.1. The molecule has 4 heteroatoms. The molecule has 4 nitrogen and oxygen atoms in total. The minimum atomic E-state index is 0.322. The van der Waals surface area contributed by atoms with E-state index < -0.39 is 0 Å². The zero-order valence-corrected chi connectivity index (χ0v) is 14.1. The van der Waals surface area contributed by atoms with E-state index in [1.807, 2.05) is 12.1 Å². The summed E-state index contributed by atoms with van der Waals surface area (Å²) in [6, 6.07) is 22.4. The molecule has 4 aromatic rings. The molecule has 0 spiro atoms. The van der Waals surface area contributed by atoms with Crippen molar-refractivity contribution < 1.29 is 8.99 Å². The SMILES string of the molecule is CC(C)[N+]1=C=[N+](c2cccc3c2oc2ncccc23)c2ccccc21. The maximum absolute atomic E-state index is 6.10. The van der Waals surface area contributed by atoms with Gasteiger partial charge in [-0.15, -0.1) is 0 Å². The summed E-state index contributed by atoms with van der Waals surface area (Å²) in [5.74, 6) is 0. The fourth-order valence-electron chi connectivity index (χ4n) is 3.44. The molecule has 0 aliphatic carbocycles. The van der Waals surface area contributed by atoms with Gasteiger partial charge in [-0.05, 0) is 36.6 Å². The summed E-state index contributed by atoms with van der Waals surface area (Å²) in [5.41, 5.74) is 4.74. The zero-order chi connectivity index (χ0) is 17.0. The van der Waals surface area contributed by atoms with Crippen molar-refractivity contribution in [2.75, 3.05) is 0 Å². The molecule has 3 heterocycles. The minimum Gasteiger partial charge on any atom is -0.431 e. The molecule has 0 fully saturated rings. The topological polar surface area (TPSA) is 32.0 Å². The van der Waals surface area contributed by atoms with Crippen molar-refractivity contribution in [1.82, 2.24) is 9.56 Å². The van der Waals surface area contributed by atoms with Crippen LogP contribution in [-0.2, 0) is 0 Å². The van der Waals surface area contributed by atoms with Crippen molar-refractivity contribution in [3.8, 4) is 0 Å². The molecular weight excluding hydrogens is 310 g/mol. The molecule has 0 saturated carbocycles. The Balaban J connectivity index is 1.86. The number of para-hydroxylation sites is 3. The number of hydrogen-bond donors (Lipinski definition) is 0. The number of rotatable bonds is 2. The summed E-state index contributed by atoms with van der Waals surface area (Å²) in [7, 11) is 0. The van der Waals surface area contributed by atoms with Crippen LogP contribution >= 0.6 is 0 Å². The molecule has 2 aromatic heterocycles. The largest absolute Gasteiger partial charge is 0.496 e. The molecule has 0 amide bonds. The third kappa shape index (κ3) is 1.98. The summed E-state index contributed by atoms with van der Waals surface area (Å²) in [5, 5.41) is 2.11. The predicted molar refractivity (Wildman–Crippen MR) is 99.5 cm³/mol. The highest BCUT2D eigenvalue weighted by Crippen LogP contribution is 2.39. The fourth-order valence-corrected chi connectivity index (χ4v) is 3.44. The van der Waals surface area contributed by atoms with Crippen LogP contribution in [0.1, 0.15) is 13.8 Å². The first-order valence-electron chi connectivity index (χ1n) is 8.45. The lowest BCUT2D eigenvalue weighted by Crippen LogP contribution is -2.12. The summed E-state index contributed by atoms with van der Waals surface area (Å²) in [6.45, 7) is 4.33. The fraction of sp³-hybridized carbons (Fsp3) is 0.143. The van der Waals surface area contributed by atoms with Crippen molar-refractivity contribution in [2.45, 2.75) is 19.9 Å². The summed E-state index contributed by atoms with van der Waals surface area (Å²) < 4.78 is 10.3. The minimum absolute atomic E-state index is 0.322. The van der Waals surface area contributed by atoms with Gasteiger partial charge in [0.1, 0.15) is 0 Å². The van der Waals surface area contributed by atoms with Crippen molar-refractivity contribution in [1.29, 1.82) is 0 Å². The van der Waals surface area contributed by atoms with E-state index in [2.05, 4.69) is 76.5 Å². The highest BCUT2D eigenvalue weighted by atomic mass is 16.3. The molecule has 120 valence electrons. The maximum Gasteiger partial charge on any atom is 0.496 e. The van der Waals surface area contributed by atoms with Gasteiger partial charge in [-0.3, -0.25) is 0 Å². The van der Waals surface area contributed by atoms with Gasteiger partial charge in [0.05, 0.1) is 0 Å². The first kappa shape index (κ1) is 14.1. The van der Waals surface area contributed by atoms with Gasteiger partial charge < -0.3 is 4.42 Å². The third-order valence-corrected chi connectivity index (χ3v) is 4.60. The van der Waals surface area contributed by atoms with Crippen LogP contribution in [0.5, 0.6) is 0 Å². The van der Waals surface area contributed by atoms with E-state index in [9.17, 15) is 0 Å². The molecule has 5 rings (SSSR count). The van der Waals surface area contributed by atoms with Crippen molar-refractivity contribution in [2.24, 2.45) is 0 Å². The number of pyridine rings is 1. The van der Waals surface area contributed by atoms with Crippen LogP contribution in [0.15, 0.2) is 65.2 Å². The molecule has 25 heavy (non-hydrogen) atoms. The maximum atomic E-state index is 6.10. The monoisotopic (exact) mass is 327 g/mol. The summed E-state index contributed by atoms with van der Waals surface area (Å²) >= 11 is 0. The van der Waals surface area contributed by atoms with E-state index in [1.54, 1.807) is 6.20 Å². The van der Waals surface area contributed by atoms with Crippen LogP contribution in [0.2, 0.25) is 0 Å². The lowest BCUT2D eigenvalue weighted by Gasteiger charge is -1.97. The third-order valence-electron chi connectivity index (χ3n) is 4.60. The molecule has 0 saturated heterocycles. The summed E-state index contributed by atoms with van der Waals surface area (Å²) in [6.07, 6.45) is 1.76. The van der Waals surface area contributed by atoms with Gasteiger partial charge in [0.25, 0.3) is 17.1 Å². The number of furan rings is 1. The Bertz CT molecular complexity index is 1210. The van der Waals surface area contributed by atoms with Crippen molar-refractivity contribution >= 4 is 45.1 Å². The Morgan fingerprint density at radius 2 is 1.64 bits per heavy atom. The first-order chi connectivity index (χ1) is 12.2. The second-order valence-electron chi connectivity index (χ2n) is 6.50. The number of hydrogen-bond acceptors (Lipinski definition) is 2. The van der Waals surface area contributed by atoms with E-state index in [4.69, 9.17) is 4.42 Å². The standard InChI is InChI=1S/C21H17N3O/c1-14(2)23-13-24(18-10-4-3-9-17(18)23)19-11-5-7-15-16-8-6-12-22-21(16)25-20(15)19/h3-12,14H,1-2H3/q+2. The van der Waals surface area contributed by atoms with Gasteiger partial charge in [-0.2, -0.15) is 0 Å². The van der Waals surface area contributed by atoms with Gasteiger partial charge in [0.2, 0.25) is 11.3 Å². The van der Waals surface area contributed by atoms with E-state index in [0.29, 0.717) is 11.8 Å². The molecular formula is C21H17N3O+2. The Morgan fingerprint density at radius 3 is 2.48 bits per heavy atom. The Morgan fingerprint density at radius 1 is 0.880 bits per heavy atom. The Labute approximate surface area is 145 Å². The van der Waals surface area contributed by atoms with E-state index in [-0.39, 0.29) is 0 Å². The average Bonchev–Trinajstić information content (AvgIpc) is 3.20. The van der Waals surface area contributed by atoms with Crippen LogP contribution in [0.4, 0.5) is 17.1 Å². The van der Waals surface area contributed by atoms with Crippen LogP contribution in [0.25, 0.3) is 22.1 Å². The Hall–Kier alpha value is -3.23. The van der Waals surface area contributed by atoms with Gasteiger partial charge in [0, 0.05) is 35.2 Å². The van der Waals surface area contributed by atoms with Crippen LogP contribution in [-0.4, -0.2) is 21.6 Å². The van der Waals surface area contributed by atoms with Crippen molar-refractivity contribution in [3.05, 3.63) is 60.8 Å². The number of fused-ring (bicyclic) bond motifs is 4. The van der Waals surface area contributed by atoms with E-state index >= 15 is 0 Å². The number of nitrogens with zero attached hydrogens (tertiary/aromatic N) is 3. The molecule has 0 radical (unpaired) electrons. The lowest BCUT2D eigenvalue weighted by molar-refractivity contribution is -0.466. The smallest absolute Gasteiger partial charge is 0.431 e. The Kier molecular flexibility index (Phi) is 2.90. The van der Waals surface area contributed by atoms with E-state index in [1.165, 1.54) is 0 Å². The number of aromatic nitrogens is 1. The second kappa shape index (κ2) is 5.13.